The van der Waals surface area contributed by atoms with Gasteiger partial charge >= 0.3 is 0 Å². The molecule has 2 nitrogen and oxygen atoms in total. The van der Waals surface area contributed by atoms with Crippen molar-refractivity contribution < 1.29 is 5.11 Å². The minimum Gasteiger partial charge on any atom is -0.396 e. The number of aliphatic hydroxyl groups excluding tert-OH is 1. The molecule has 0 saturated heterocycles. The number of aliphatic hydroxyl groups is 1. The zero-order valence-corrected chi connectivity index (χ0v) is 8.97. The highest BCUT2D eigenvalue weighted by molar-refractivity contribution is 4.59. The van der Waals surface area contributed by atoms with E-state index in [9.17, 15) is 0 Å². The van der Waals surface area contributed by atoms with Crippen LogP contribution in [0, 0.1) is 5.92 Å². The molecule has 13 heavy (non-hydrogen) atoms. The lowest BCUT2D eigenvalue weighted by atomic mass is 9.98. The second kappa shape index (κ2) is 10.0. The highest BCUT2D eigenvalue weighted by atomic mass is 16.3. The Labute approximate surface area is 82.5 Å². The van der Waals surface area contributed by atoms with E-state index < -0.39 is 0 Å². The predicted molar refractivity (Wildman–Crippen MR) is 57.6 cm³/mol. The van der Waals surface area contributed by atoms with Crippen molar-refractivity contribution in [2.24, 2.45) is 11.7 Å². The first kappa shape index (κ1) is 12.9. The summed E-state index contributed by atoms with van der Waals surface area (Å²) in [5.74, 6) is 0.548. The molecule has 0 saturated carbocycles. The van der Waals surface area contributed by atoms with Gasteiger partial charge in [0.15, 0.2) is 0 Å². The van der Waals surface area contributed by atoms with E-state index >= 15 is 0 Å². The van der Waals surface area contributed by atoms with Crippen molar-refractivity contribution in [1.82, 2.24) is 0 Å². The van der Waals surface area contributed by atoms with Gasteiger partial charge in [-0.3, -0.25) is 0 Å². The molecule has 80 valence electrons. The topological polar surface area (TPSA) is 46.2 Å². The first-order valence-electron chi connectivity index (χ1n) is 5.66. The summed E-state index contributed by atoms with van der Waals surface area (Å²) in [5.41, 5.74) is 5.59. The van der Waals surface area contributed by atoms with E-state index in [2.05, 4.69) is 6.92 Å². The van der Waals surface area contributed by atoms with Gasteiger partial charge in [-0.1, -0.05) is 39.0 Å². The number of hydrogen-bond acceptors (Lipinski definition) is 2. The van der Waals surface area contributed by atoms with E-state index in [4.69, 9.17) is 10.8 Å². The largest absolute Gasteiger partial charge is 0.396 e. The molecule has 0 amide bonds. The van der Waals surface area contributed by atoms with E-state index in [0.717, 1.165) is 13.0 Å². The fourth-order valence-corrected chi connectivity index (χ4v) is 1.60. The second-order valence-corrected chi connectivity index (χ2v) is 3.82. The van der Waals surface area contributed by atoms with Crippen LogP contribution < -0.4 is 5.73 Å². The second-order valence-electron chi connectivity index (χ2n) is 3.82. The summed E-state index contributed by atoms with van der Waals surface area (Å²) in [5, 5.41) is 8.75. The highest BCUT2D eigenvalue weighted by Gasteiger charge is 2.04. The van der Waals surface area contributed by atoms with E-state index in [1.54, 1.807) is 0 Å². The van der Waals surface area contributed by atoms with Gasteiger partial charge in [-0.25, -0.2) is 0 Å². The maximum absolute atomic E-state index is 8.75. The number of rotatable bonds is 9. The van der Waals surface area contributed by atoms with Crippen molar-refractivity contribution in [2.75, 3.05) is 13.2 Å². The average molecular weight is 187 g/mol. The first-order valence-corrected chi connectivity index (χ1v) is 5.66. The third-order valence-electron chi connectivity index (χ3n) is 2.59. The Balaban J connectivity index is 3.17. The van der Waals surface area contributed by atoms with Crippen molar-refractivity contribution >= 4 is 0 Å². The third kappa shape index (κ3) is 8.26. The van der Waals surface area contributed by atoms with Crippen LogP contribution in [-0.4, -0.2) is 18.3 Å². The van der Waals surface area contributed by atoms with Crippen LogP contribution in [0.3, 0.4) is 0 Å². The number of unbranched alkanes of at least 4 members (excludes halogenated alkanes) is 4. The van der Waals surface area contributed by atoms with Crippen LogP contribution in [0.1, 0.15) is 51.9 Å². The molecule has 0 radical (unpaired) electrons. The Hall–Kier alpha value is -0.0800. The van der Waals surface area contributed by atoms with Crippen molar-refractivity contribution in [3.05, 3.63) is 0 Å². The van der Waals surface area contributed by atoms with Crippen LogP contribution in [0.2, 0.25) is 0 Å². The third-order valence-corrected chi connectivity index (χ3v) is 2.59. The lowest BCUT2D eigenvalue weighted by molar-refractivity contribution is 0.252. The average Bonchev–Trinajstić information content (AvgIpc) is 2.16. The van der Waals surface area contributed by atoms with Gasteiger partial charge in [0, 0.05) is 6.61 Å². The molecular weight excluding hydrogens is 162 g/mol. The smallest absolute Gasteiger partial charge is 0.0434 e. The molecular formula is C11H25NO. The lowest BCUT2D eigenvalue weighted by Crippen LogP contribution is -2.15. The molecule has 0 heterocycles. The van der Waals surface area contributed by atoms with E-state index in [1.807, 2.05) is 0 Å². The SMILES string of the molecule is CCCCCCCC(CN)CCO. The van der Waals surface area contributed by atoms with Crippen LogP contribution in [0.15, 0.2) is 0 Å². The fraction of sp³-hybridized carbons (Fsp3) is 1.00. The van der Waals surface area contributed by atoms with Crippen molar-refractivity contribution in [3.63, 3.8) is 0 Å². The van der Waals surface area contributed by atoms with Gasteiger partial charge in [0.2, 0.25) is 0 Å². The number of nitrogens with two attached hydrogens (primary N) is 1. The minimum absolute atomic E-state index is 0.289. The Morgan fingerprint density at radius 3 is 2.31 bits per heavy atom. The molecule has 0 spiro atoms. The maximum atomic E-state index is 8.75. The summed E-state index contributed by atoms with van der Waals surface area (Å²) in [7, 11) is 0. The lowest BCUT2D eigenvalue weighted by Gasteiger charge is -2.12. The molecule has 2 heteroatoms. The molecule has 0 rings (SSSR count). The minimum atomic E-state index is 0.289. The van der Waals surface area contributed by atoms with Gasteiger partial charge in [-0.15, -0.1) is 0 Å². The zero-order valence-electron chi connectivity index (χ0n) is 8.97. The van der Waals surface area contributed by atoms with Crippen molar-refractivity contribution in [2.45, 2.75) is 51.9 Å². The van der Waals surface area contributed by atoms with E-state index in [1.165, 1.54) is 38.5 Å². The van der Waals surface area contributed by atoms with Gasteiger partial charge in [0.05, 0.1) is 0 Å². The van der Waals surface area contributed by atoms with Crippen LogP contribution in [0.25, 0.3) is 0 Å². The quantitative estimate of drug-likeness (QED) is 0.544. The molecule has 0 aliphatic heterocycles. The summed E-state index contributed by atoms with van der Waals surface area (Å²) in [6.07, 6.45) is 8.69. The molecule has 0 aliphatic carbocycles. The molecule has 1 unspecified atom stereocenters. The van der Waals surface area contributed by atoms with E-state index in [0.29, 0.717) is 5.92 Å². The molecule has 0 aliphatic rings. The molecule has 0 aromatic rings. The predicted octanol–water partition coefficient (Wildman–Crippen LogP) is 2.30. The standard InChI is InChI=1S/C11H25NO/c1-2-3-4-5-6-7-11(10-12)8-9-13/h11,13H,2-10,12H2,1H3. The van der Waals surface area contributed by atoms with Crippen LogP contribution in [0.5, 0.6) is 0 Å². The molecule has 0 bridgehead atoms. The molecule has 0 aromatic carbocycles. The highest BCUT2D eigenvalue weighted by Crippen LogP contribution is 2.13. The first-order chi connectivity index (χ1) is 6.35. The maximum Gasteiger partial charge on any atom is 0.0434 e. The number of hydrogen-bond donors (Lipinski definition) is 2. The normalized spacial score (nSPS) is 13.2. The Bertz CT molecular complexity index is 96.1. The van der Waals surface area contributed by atoms with Crippen molar-refractivity contribution in [3.8, 4) is 0 Å². The summed E-state index contributed by atoms with van der Waals surface area (Å²) >= 11 is 0. The molecule has 3 N–H and O–H groups in total. The summed E-state index contributed by atoms with van der Waals surface area (Å²) in [4.78, 5) is 0. The van der Waals surface area contributed by atoms with Gasteiger partial charge in [0.1, 0.15) is 0 Å². The Morgan fingerprint density at radius 2 is 1.77 bits per heavy atom. The molecule has 0 aromatic heterocycles. The fourth-order valence-electron chi connectivity index (χ4n) is 1.60. The van der Waals surface area contributed by atoms with E-state index in [-0.39, 0.29) is 6.61 Å². The zero-order chi connectivity index (χ0) is 9.94. The monoisotopic (exact) mass is 187 g/mol. The van der Waals surface area contributed by atoms with Crippen LogP contribution >= 0.6 is 0 Å². The summed E-state index contributed by atoms with van der Waals surface area (Å²) in [6.45, 7) is 3.25. The Morgan fingerprint density at radius 1 is 1.08 bits per heavy atom. The van der Waals surface area contributed by atoms with Crippen LogP contribution in [0.4, 0.5) is 0 Å². The van der Waals surface area contributed by atoms with Gasteiger partial charge < -0.3 is 10.8 Å². The molecule has 1 atom stereocenters. The Kier molecular flexibility index (Phi) is 9.94. The molecule has 0 fully saturated rings. The van der Waals surface area contributed by atoms with Gasteiger partial charge in [-0.05, 0) is 25.3 Å². The van der Waals surface area contributed by atoms with Gasteiger partial charge in [-0.2, -0.15) is 0 Å². The summed E-state index contributed by atoms with van der Waals surface area (Å²) in [6, 6.07) is 0. The van der Waals surface area contributed by atoms with Crippen LogP contribution in [-0.2, 0) is 0 Å². The van der Waals surface area contributed by atoms with Gasteiger partial charge in [0.25, 0.3) is 0 Å². The van der Waals surface area contributed by atoms with Crippen molar-refractivity contribution in [1.29, 1.82) is 0 Å². The summed E-state index contributed by atoms with van der Waals surface area (Å²) < 4.78 is 0.